The van der Waals surface area contributed by atoms with Crippen LogP contribution in [0.1, 0.15) is 31.9 Å². The molecule has 8 heteroatoms. The third-order valence-electron chi connectivity index (χ3n) is 4.32. The second-order valence-electron chi connectivity index (χ2n) is 7.63. The first-order valence-corrected chi connectivity index (χ1v) is 9.78. The highest BCUT2D eigenvalue weighted by Crippen LogP contribution is 2.30. The lowest BCUT2D eigenvalue weighted by Crippen LogP contribution is -2.24. The van der Waals surface area contributed by atoms with Gasteiger partial charge in [0.25, 0.3) is 11.8 Å². The van der Waals surface area contributed by atoms with Crippen LogP contribution in [0.3, 0.4) is 0 Å². The van der Waals surface area contributed by atoms with Crippen LogP contribution in [0.4, 0.5) is 5.69 Å². The molecule has 2 aromatic carbocycles. The Labute approximate surface area is 184 Å². The van der Waals surface area contributed by atoms with Crippen molar-refractivity contribution >= 4 is 52.2 Å². The van der Waals surface area contributed by atoms with Crippen molar-refractivity contribution < 1.29 is 9.59 Å². The number of carbonyl (C=O) groups excluding carboxylic acids is 2. The van der Waals surface area contributed by atoms with Crippen LogP contribution in [0, 0.1) is 16.7 Å². The fourth-order valence-electron chi connectivity index (χ4n) is 2.70. The van der Waals surface area contributed by atoms with Gasteiger partial charge in [0.1, 0.15) is 17.5 Å². The number of amides is 2. The summed E-state index contributed by atoms with van der Waals surface area (Å²) in [5.41, 5.74) is 1.11. The summed E-state index contributed by atoms with van der Waals surface area (Å²) in [6.45, 7) is 5.30. The molecule has 1 aliphatic rings. The van der Waals surface area contributed by atoms with Crippen molar-refractivity contribution in [3.63, 3.8) is 0 Å². The smallest absolute Gasteiger partial charge is 0.268 e. The molecule has 0 aliphatic carbocycles. The van der Waals surface area contributed by atoms with E-state index in [1.165, 1.54) is 6.07 Å². The summed E-state index contributed by atoms with van der Waals surface area (Å²) in [5, 5.41) is 15.9. The first kappa shape index (κ1) is 21.6. The van der Waals surface area contributed by atoms with Crippen LogP contribution in [0.5, 0.6) is 0 Å². The summed E-state index contributed by atoms with van der Waals surface area (Å²) in [6, 6.07) is 13.7. The Balaban J connectivity index is 2.02. The molecule has 0 spiro atoms. The molecule has 0 bridgehead atoms. The van der Waals surface area contributed by atoms with E-state index in [1.807, 2.05) is 6.07 Å². The average Bonchev–Trinajstić information content (AvgIpc) is 3.03. The SMILES string of the molecule is CC(C)(C)C(=O)N=C1NC(=C(C#N)C(=O)Nc2ccc(Cl)c(Cl)c2)c2ccccc21. The summed E-state index contributed by atoms with van der Waals surface area (Å²) >= 11 is 11.9. The zero-order valence-electron chi connectivity index (χ0n) is 16.5. The van der Waals surface area contributed by atoms with Crippen LogP contribution in [0.2, 0.25) is 10.0 Å². The van der Waals surface area contributed by atoms with Crippen molar-refractivity contribution in [1.29, 1.82) is 5.26 Å². The van der Waals surface area contributed by atoms with Crippen LogP contribution in [-0.4, -0.2) is 17.6 Å². The van der Waals surface area contributed by atoms with Gasteiger partial charge in [-0.25, -0.2) is 0 Å². The first-order valence-electron chi connectivity index (χ1n) is 9.02. The summed E-state index contributed by atoms with van der Waals surface area (Å²) in [7, 11) is 0. The maximum Gasteiger partial charge on any atom is 0.268 e. The van der Waals surface area contributed by atoms with E-state index in [0.717, 1.165) is 0 Å². The van der Waals surface area contributed by atoms with Gasteiger partial charge in [0.2, 0.25) is 0 Å². The van der Waals surface area contributed by atoms with Crippen LogP contribution in [-0.2, 0) is 9.59 Å². The number of aliphatic imine (C=N–C) groups is 1. The van der Waals surface area contributed by atoms with E-state index >= 15 is 0 Å². The fraction of sp³-hybridized carbons (Fsp3) is 0.182. The zero-order chi connectivity index (χ0) is 22.1. The van der Waals surface area contributed by atoms with Crippen LogP contribution < -0.4 is 10.6 Å². The van der Waals surface area contributed by atoms with E-state index in [2.05, 4.69) is 15.6 Å². The van der Waals surface area contributed by atoms with Gasteiger partial charge >= 0.3 is 0 Å². The van der Waals surface area contributed by atoms with Crippen molar-refractivity contribution in [2.45, 2.75) is 20.8 Å². The topological polar surface area (TPSA) is 94.3 Å². The molecular formula is C22H18Cl2N4O2. The number of nitrogens with one attached hydrogen (secondary N) is 2. The van der Waals surface area contributed by atoms with Crippen LogP contribution >= 0.6 is 23.2 Å². The molecule has 6 nitrogen and oxygen atoms in total. The van der Waals surface area contributed by atoms with Gasteiger partial charge in [-0.2, -0.15) is 10.3 Å². The van der Waals surface area contributed by atoms with Gasteiger partial charge in [0.15, 0.2) is 0 Å². The number of hydrogen-bond acceptors (Lipinski definition) is 3. The van der Waals surface area contributed by atoms with Gasteiger partial charge in [-0.1, -0.05) is 68.2 Å². The predicted molar refractivity (Wildman–Crippen MR) is 118 cm³/mol. The van der Waals surface area contributed by atoms with Gasteiger partial charge < -0.3 is 10.6 Å². The molecule has 2 N–H and O–H groups in total. The van der Waals surface area contributed by atoms with Crippen molar-refractivity contribution in [2.24, 2.45) is 10.4 Å². The Kier molecular flexibility index (Phi) is 5.97. The molecule has 152 valence electrons. The minimum atomic E-state index is -0.667. The van der Waals surface area contributed by atoms with Crippen molar-refractivity contribution in [3.8, 4) is 6.07 Å². The maximum absolute atomic E-state index is 12.8. The number of hydrogen-bond donors (Lipinski definition) is 2. The minimum Gasteiger partial charge on any atom is -0.338 e. The lowest BCUT2D eigenvalue weighted by molar-refractivity contribution is -0.124. The Morgan fingerprint density at radius 3 is 2.33 bits per heavy atom. The van der Waals surface area contributed by atoms with Crippen LogP contribution in [0.15, 0.2) is 53.0 Å². The summed E-state index contributed by atoms with van der Waals surface area (Å²) < 4.78 is 0. The number of anilines is 1. The van der Waals surface area contributed by atoms with Gasteiger partial charge in [-0.3, -0.25) is 9.59 Å². The van der Waals surface area contributed by atoms with E-state index in [0.29, 0.717) is 27.7 Å². The number of nitrogens with zero attached hydrogens (tertiary/aromatic N) is 2. The first-order chi connectivity index (χ1) is 14.1. The molecular weight excluding hydrogens is 423 g/mol. The molecule has 0 atom stereocenters. The maximum atomic E-state index is 12.8. The highest BCUT2D eigenvalue weighted by Gasteiger charge is 2.30. The molecule has 2 amide bonds. The molecule has 3 rings (SSSR count). The van der Waals surface area contributed by atoms with Crippen molar-refractivity contribution in [1.82, 2.24) is 5.32 Å². The van der Waals surface area contributed by atoms with Crippen LogP contribution in [0.25, 0.3) is 5.70 Å². The second kappa shape index (κ2) is 8.31. The molecule has 0 saturated heterocycles. The molecule has 1 heterocycles. The highest BCUT2D eigenvalue weighted by molar-refractivity contribution is 6.42. The number of benzene rings is 2. The number of nitriles is 1. The number of rotatable bonds is 2. The Morgan fingerprint density at radius 1 is 1.07 bits per heavy atom. The van der Waals surface area contributed by atoms with Gasteiger partial charge in [-0.05, 0) is 18.2 Å². The van der Waals surface area contributed by atoms with Gasteiger partial charge in [-0.15, -0.1) is 0 Å². The molecule has 2 aromatic rings. The lowest BCUT2D eigenvalue weighted by Gasteiger charge is -2.13. The highest BCUT2D eigenvalue weighted by atomic mass is 35.5. The van der Waals surface area contributed by atoms with E-state index < -0.39 is 11.3 Å². The van der Waals surface area contributed by atoms with Gasteiger partial charge in [0, 0.05) is 22.2 Å². The third kappa shape index (κ3) is 4.38. The number of halogens is 2. The van der Waals surface area contributed by atoms with Gasteiger partial charge in [0.05, 0.1) is 15.7 Å². The fourth-order valence-corrected chi connectivity index (χ4v) is 3.00. The average molecular weight is 441 g/mol. The summed E-state index contributed by atoms with van der Waals surface area (Å²) in [4.78, 5) is 29.4. The monoisotopic (exact) mass is 440 g/mol. The number of carbonyl (C=O) groups is 2. The van der Waals surface area contributed by atoms with E-state index in [4.69, 9.17) is 23.2 Å². The quantitative estimate of drug-likeness (QED) is 0.518. The standard InChI is InChI=1S/C22H18Cl2N4O2/c1-22(2,3)21(30)28-19-14-7-5-4-6-13(14)18(27-19)15(11-25)20(29)26-12-8-9-16(23)17(24)10-12/h4-10H,1-3H3,(H,26,29)(H,27,28,30). The molecule has 30 heavy (non-hydrogen) atoms. The molecule has 0 unspecified atom stereocenters. The molecule has 0 radical (unpaired) electrons. The Hall–Kier alpha value is -3.14. The molecule has 0 aromatic heterocycles. The molecule has 1 aliphatic heterocycles. The second-order valence-corrected chi connectivity index (χ2v) is 8.45. The largest absolute Gasteiger partial charge is 0.338 e. The molecule has 0 saturated carbocycles. The Bertz CT molecular complexity index is 1150. The zero-order valence-corrected chi connectivity index (χ0v) is 18.0. The predicted octanol–water partition coefficient (Wildman–Crippen LogP) is 4.79. The number of amidine groups is 1. The van der Waals surface area contributed by atoms with Crippen molar-refractivity contribution in [2.75, 3.05) is 5.32 Å². The van der Waals surface area contributed by atoms with E-state index in [-0.39, 0.29) is 22.2 Å². The van der Waals surface area contributed by atoms with E-state index in [1.54, 1.807) is 57.2 Å². The number of fused-ring (bicyclic) bond motifs is 1. The third-order valence-corrected chi connectivity index (χ3v) is 5.06. The lowest BCUT2D eigenvalue weighted by atomic mass is 9.96. The minimum absolute atomic E-state index is 0.151. The van der Waals surface area contributed by atoms with E-state index in [9.17, 15) is 14.9 Å². The summed E-state index contributed by atoms with van der Waals surface area (Å²) in [6.07, 6.45) is 0. The van der Waals surface area contributed by atoms with Crippen molar-refractivity contribution in [3.05, 3.63) is 69.2 Å². The summed E-state index contributed by atoms with van der Waals surface area (Å²) in [5.74, 6) is -0.646. The normalized spacial score (nSPS) is 15.8. The molecule has 0 fully saturated rings. The Morgan fingerprint density at radius 2 is 1.73 bits per heavy atom.